The third kappa shape index (κ3) is 7.89. The van der Waals surface area contributed by atoms with Crippen molar-refractivity contribution in [2.45, 2.75) is 6.42 Å². The summed E-state index contributed by atoms with van der Waals surface area (Å²) < 4.78 is 26.7. The average Bonchev–Trinajstić information content (AvgIpc) is 2.74. The number of ether oxygens (including phenoxy) is 5. The lowest BCUT2D eigenvalue weighted by Gasteiger charge is -2.12. The Balaban J connectivity index is 1.82. The molecule has 0 spiro atoms. The van der Waals surface area contributed by atoms with Crippen molar-refractivity contribution in [3.63, 3.8) is 0 Å². The van der Waals surface area contributed by atoms with Gasteiger partial charge in [-0.2, -0.15) is 0 Å². The van der Waals surface area contributed by atoms with Gasteiger partial charge in [0.25, 0.3) is 0 Å². The van der Waals surface area contributed by atoms with E-state index in [1.807, 2.05) is 0 Å². The first-order valence-electron chi connectivity index (χ1n) is 9.00. The van der Waals surface area contributed by atoms with Crippen molar-refractivity contribution in [3.8, 4) is 23.0 Å². The number of hydrogen-bond acceptors (Lipinski definition) is 6. The summed E-state index contributed by atoms with van der Waals surface area (Å²) in [5.41, 5.74) is 0.352. The molecule has 0 saturated heterocycles. The minimum Gasteiger partial charge on any atom is -0.493 e. The molecule has 0 saturated carbocycles. The summed E-state index contributed by atoms with van der Waals surface area (Å²) in [5.74, 6) is 1.24. The Morgan fingerprint density at radius 3 is 2.23 bits per heavy atom. The fraction of sp³-hybridized carbons (Fsp3) is 0.286. The largest absolute Gasteiger partial charge is 0.493 e. The van der Waals surface area contributed by atoms with Crippen LogP contribution in [0.5, 0.6) is 23.0 Å². The Hall–Kier alpha value is -1.99. The van der Waals surface area contributed by atoms with Crippen LogP contribution in [0, 0.1) is 0 Å². The van der Waals surface area contributed by atoms with Gasteiger partial charge >= 0.3 is 5.97 Å². The van der Waals surface area contributed by atoms with Crippen LogP contribution in [0.4, 0.5) is 0 Å². The number of rotatable bonds is 11. The Morgan fingerprint density at radius 2 is 1.61 bits per heavy atom. The highest BCUT2D eigenvalue weighted by Crippen LogP contribution is 2.37. The van der Waals surface area contributed by atoms with Crippen LogP contribution in [0.3, 0.4) is 0 Å². The predicted molar refractivity (Wildman–Crippen MR) is 122 cm³/mol. The molecule has 0 radical (unpaired) electrons. The molecule has 0 aliphatic carbocycles. The molecule has 0 heterocycles. The fourth-order valence-corrected chi connectivity index (χ4v) is 3.11. The van der Waals surface area contributed by atoms with Gasteiger partial charge in [-0.05, 0) is 24.3 Å². The second kappa shape index (κ2) is 12.8. The van der Waals surface area contributed by atoms with Crippen molar-refractivity contribution < 1.29 is 28.5 Å². The third-order valence-corrected chi connectivity index (χ3v) is 4.72. The quantitative estimate of drug-likeness (QED) is 0.260. The van der Waals surface area contributed by atoms with Crippen molar-refractivity contribution in [1.82, 2.24) is 0 Å². The van der Waals surface area contributed by atoms with Crippen molar-refractivity contribution >= 4 is 52.4 Å². The summed E-state index contributed by atoms with van der Waals surface area (Å²) in [7, 11) is 3.01. The molecular weight excluding hydrogens is 490 g/mol. The molecule has 31 heavy (non-hydrogen) atoms. The van der Waals surface area contributed by atoms with Crippen molar-refractivity contribution in [2.24, 2.45) is 0 Å². The van der Waals surface area contributed by atoms with Crippen LogP contribution < -0.4 is 18.9 Å². The monoisotopic (exact) mass is 508 g/mol. The molecule has 10 heteroatoms. The lowest BCUT2D eigenvalue weighted by molar-refractivity contribution is 0.0485. The Labute approximate surface area is 200 Å². The van der Waals surface area contributed by atoms with Gasteiger partial charge in [-0.15, -0.1) is 0 Å². The topological polar surface area (TPSA) is 63.2 Å². The smallest absolute Gasteiger partial charge is 0.338 e. The molecule has 0 aliphatic rings. The predicted octanol–water partition coefficient (Wildman–Crippen LogP) is 6.33. The summed E-state index contributed by atoms with van der Waals surface area (Å²) >= 11 is 23.5. The van der Waals surface area contributed by atoms with Crippen LogP contribution >= 0.6 is 46.4 Å². The maximum Gasteiger partial charge on any atom is 0.338 e. The van der Waals surface area contributed by atoms with E-state index in [2.05, 4.69) is 0 Å². The van der Waals surface area contributed by atoms with E-state index in [-0.39, 0.29) is 34.4 Å². The van der Waals surface area contributed by atoms with E-state index in [1.165, 1.54) is 20.3 Å². The zero-order valence-electron chi connectivity index (χ0n) is 16.8. The second-order valence-corrected chi connectivity index (χ2v) is 7.75. The van der Waals surface area contributed by atoms with E-state index < -0.39 is 5.97 Å². The molecule has 6 nitrogen and oxygen atoms in total. The van der Waals surface area contributed by atoms with Crippen molar-refractivity contribution in [3.05, 3.63) is 56.5 Å². The number of hydrogen-bond donors (Lipinski definition) is 0. The highest BCUT2D eigenvalue weighted by atomic mass is 35.5. The molecule has 0 fully saturated rings. The molecule has 0 unspecified atom stereocenters. The van der Waals surface area contributed by atoms with E-state index >= 15 is 0 Å². The minimum atomic E-state index is -0.482. The molecule has 0 atom stereocenters. The van der Waals surface area contributed by atoms with E-state index in [1.54, 1.807) is 30.3 Å². The van der Waals surface area contributed by atoms with Crippen molar-refractivity contribution in [1.29, 1.82) is 0 Å². The fourth-order valence-electron chi connectivity index (χ4n) is 2.40. The molecule has 0 bridgehead atoms. The van der Waals surface area contributed by atoms with E-state index in [4.69, 9.17) is 70.1 Å². The van der Waals surface area contributed by atoms with Crippen molar-refractivity contribution in [2.75, 3.05) is 34.0 Å². The number of halogens is 4. The first-order valence-corrected chi connectivity index (χ1v) is 10.5. The van der Waals surface area contributed by atoms with Gasteiger partial charge in [0.15, 0.2) is 17.2 Å². The summed E-state index contributed by atoms with van der Waals surface area (Å²) in [6, 6.07) is 7.92. The van der Waals surface area contributed by atoms with Gasteiger partial charge in [0.05, 0.1) is 43.0 Å². The summed E-state index contributed by atoms with van der Waals surface area (Å²) in [4.78, 5) is 12.2. The van der Waals surface area contributed by atoms with E-state index in [0.29, 0.717) is 35.0 Å². The molecule has 2 rings (SSSR count). The van der Waals surface area contributed by atoms with E-state index in [0.717, 1.165) is 0 Å². The maximum atomic E-state index is 12.2. The van der Waals surface area contributed by atoms with Gasteiger partial charge in [-0.3, -0.25) is 0 Å². The normalized spacial score (nSPS) is 10.3. The van der Waals surface area contributed by atoms with Crippen LogP contribution in [0.2, 0.25) is 10.0 Å². The summed E-state index contributed by atoms with van der Waals surface area (Å²) in [6.07, 6.45) is 1.92. The molecule has 0 amide bonds. The maximum absolute atomic E-state index is 12.2. The van der Waals surface area contributed by atoms with Crippen LogP contribution in [0.1, 0.15) is 16.8 Å². The second-order valence-electron chi connectivity index (χ2n) is 5.93. The number of carbonyl (C=O) groups excluding carboxylic acids is 1. The van der Waals surface area contributed by atoms with Gasteiger partial charge in [0, 0.05) is 18.6 Å². The summed E-state index contributed by atoms with van der Waals surface area (Å²) in [6.45, 7) is 0.555. The van der Waals surface area contributed by atoms with Crippen LogP contribution in [-0.2, 0) is 4.74 Å². The molecular formula is C21H20Cl4O6. The van der Waals surface area contributed by atoms with Gasteiger partial charge in [-0.1, -0.05) is 46.4 Å². The molecule has 2 aromatic rings. The standard InChI is InChI=1S/C21H20Cl4O6/c1-27-17-5-4-13(10-18(17)28-2)21(26)31-8-3-7-30-20-15(22)11-14(12-16(20)23)29-9-6-19(24)25/h4-6,10-12H,3,7-9H2,1-2H3. The Kier molecular flexibility index (Phi) is 10.4. The number of benzene rings is 2. The van der Waals surface area contributed by atoms with Crippen LogP contribution in [0.25, 0.3) is 0 Å². The third-order valence-electron chi connectivity index (χ3n) is 3.85. The number of carbonyl (C=O) groups is 1. The van der Waals surface area contributed by atoms with Gasteiger partial charge < -0.3 is 23.7 Å². The lowest BCUT2D eigenvalue weighted by atomic mass is 10.2. The highest BCUT2D eigenvalue weighted by molar-refractivity contribution is 6.55. The minimum absolute atomic E-state index is 0.101. The van der Waals surface area contributed by atoms with Crippen LogP contribution in [0.15, 0.2) is 40.9 Å². The number of esters is 1. The molecule has 2 aromatic carbocycles. The lowest BCUT2D eigenvalue weighted by Crippen LogP contribution is -2.10. The van der Waals surface area contributed by atoms with Gasteiger partial charge in [0.1, 0.15) is 16.8 Å². The van der Waals surface area contributed by atoms with Gasteiger partial charge in [0.2, 0.25) is 0 Å². The molecule has 168 valence electrons. The van der Waals surface area contributed by atoms with Gasteiger partial charge in [-0.25, -0.2) is 4.79 Å². The first-order chi connectivity index (χ1) is 14.8. The number of methoxy groups -OCH3 is 2. The Morgan fingerprint density at radius 1 is 0.935 bits per heavy atom. The molecule has 0 N–H and O–H groups in total. The highest BCUT2D eigenvalue weighted by Gasteiger charge is 2.13. The van der Waals surface area contributed by atoms with Crippen LogP contribution in [-0.4, -0.2) is 40.0 Å². The zero-order chi connectivity index (χ0) is 22.8. The van der Waals surface area contributed by atoms with E-state index in [9.17, 15) is 4.79 Å². The SMILES string of the molecule is COc1ccc(C(=O)OCCCOc2c(Cl)cc(OCC=C(Cl)Cl)cc2Cl)cc1OC. The Bertz CT molecular complexity index is 905. The molecule has 0 aliphatic heterocycles. The zero-order valence-corrected chi connectivity index (χ0v) is 19.8. The average molecular weight is 510 g/mol. The molecule has 0 aromatic heterocycles. The first kappa shape index (κ1) is 25.3. The summed E-state index contributed by atoms with van der Waals surface area (Å²) in [5, 5.41) is 0.566.